The molecule has 0 saturated carbocycles. The fourth-order valence-corrected chi connectivity index (χ4v) is 2.36. The number of hydrogen-bond acceptors (Lipinski definition) is 3. The molecule has 0 bridgehead atoms. The average Bonchev–Trinajstić information content (AvgIpc) is 2.56. The lowest BCUT2D eigenvalue weighted by Gasteiger charge is -2.23. The molecule has 2 N–H and O–H groups in total. The number of aliphatic hydroxyl groups excluding tert-OH is 1. The van der Waals surface area contributed by atoms with Crippen molar-refractivity contribution in [2.24, 2.45) is 0 Å². The number of rotatable bonds is 7. The molecule has 0 saturated heterocycles. The predicted molar refractivity (Wildman–Crippen MR) is 85.3 cm³/mol. The summed E-state index contributed by atoms with van der Waals surface area (Å²) >= 11 is 0. The van der Waals surface area contributed by atoms with E-state index in [2.05, 4.69) is 24.4 Å². The van der Waals surface area contributed by atoms with Crippen molar-refractivity contribution >= 4 is 0 Å². The Morgan fingerprint density at radius 1 is 1.05 bits per heavy atom. The molecule has 0 heterocycles. The Hall–Kier alpha value is -1.84. The van der Waals surface area contributed by atoms with E-state index in [0.29, 0.717) is 0 Å². The van der Waals surface area contributed by atoms with Crippen molar-refractivity contribution in [2.75, 3.05) is 7.11 Å². The number of methoxy groups -OCH3 is 1. The molecule has 0 aliphatic heterocycles. The summed E-state index contributed by atoms with van der Waals surface area (Å²) in [7, 11) is 1.64. The molecule has 0 aliphatic rings. The lowest BCUT2D eigenvalue weighted by atomic mass is 10.00. The van der Waals surface area contributed by atoms with Gasteiger partial charge in [0.1, 0.15) is 5.75 Å². The summed E-state index contributed by atoms with van der Waals surface area (Å²) < 4.78 is 5.14. The van der Waals surface area contributed by atoms with Crippen molar-refractivity contribution in [3.05, 3.63) is 65.7 Å². The van der Waals surface area contributed by atoms with Gasteiger partial charge in [0.25, 0.3) is 0 Å². The molecule has 0 aliphatic carbocycles. The third-order valence-corrected chi connectivity index (χ3v) is 3.69. The normalized spacial score (nSPS) is 13.7. The number of aliphatic hydroxyl groups is 1. The molecule has 3 heteroatoms. The van der Waals surface area contributed by atoms with Crippen LogP contribution in [0.25, 0.3) is 0 Å². The molecule has 2 aromatic rings. The SMILES string of the molecule is CCC(NCc1ccccc1)C(O)c1ccc(OC)cc1. The third-order valence-electron chi connectivity index (χ3n) is 3.69. The standard InChI is InChI=1S/C18H23NO2/c1-3-17(19-13-14-7-5-4-6-8-14)18(20)15-9-11-16(21-2)12-10-15/h4-12,17-20H,3,13H2,1-2H3. The maximum absolute atomic E-state index is 10.5. The summed E-state index contributed by atoms with van der Waals surface area (Å²) in [6, 6.07) is 17.8. The first kappa shape index (κ1) is 15.5. The molecule has 2 atom stereocenters. The van der Waals surface area contributed by atoms with Gasteiger partial charge in [0.15, 0.2) is 0 Å². The smallest absolute Gasteiger partial charge is 0.118 e. The van der Waals surface area contributed by atoms with Crippen LogP contribution in [0.2, 0.25) is 0 Å². The maximum atomic E-state index is 10.5. The Bertz CT molecular complexity index is 525. The highest BCUT2D eigenvalue weighted by atomic mass is 16.5. The second kappa shape index (κ2) is 7.81. The lowest BCUT2D eigenvalue weighted by molar-refractivity contribution is 0.125. The topological polar surface area (TPSA) is 41.5 Å². The largest absolute Gasteiger partial charge is 0.497 e. The quantitative estimate of drug-likeness (QED) is 0.820. The monoisotopic (exact) mass is 285 g/mol. The Balaban J connectivity index is 1.98. The second-order valence-corrected chi connectivity index (χ2v) is 5.10. The minimum Gasteiger partial charge on any atom is -0.497 e. The molecule has 0 radical (unpaired) electrons. The van der Waals surface area contributed by atoms with E-state index in [-0.39, 0.29) is 6.04 Å². The van der Waals surface area contributed by atoms with Gasteiger partial charge in [-0.25, -0.2) is 0 Å². The van der Waals surface area contributed by atoms with Crippen LogP contribution in [0.4, 0.5) is 0 Å². The highest BCUT2D eigenvalue weighted by Gasteiger charge is 2.18. The summed E-state index contributed by atoms with van der Waals surface area (Å²) in [4.78, 5) is 0. The van der Waals surface area contributed by atoms with Crippen molar-refractivity contribution in [1.82, 2.24) is 5.32 Å². The molecule has 0 spiro atoms. The van der Waals surface area contributed by atoms with E-state index < -0.39 is 6.10 Å². The van der Waals surface area contributed by atoms with Crippen molar-refractivity contribution < 1.29 is 9.84 Å². The Labute approximate surface area is 126 Å². The van der Waals surface area contributed by atoms with Crippen LogP contribution in [0, 0.1) is 0 Å². The molecular weight excluding hydrogens is 262 g/mol. The Kier molecular flexibility index (Phi) is 5.78. The molecule has 0 amide bonds. The predicted octanol–water partition coefficient (Wildman–Crippen LogP) is 3.30. The van der Waals surface area contributed by atoms with Crippen molar-refractivity contribution in [3.63, 3.8) is 0 Å². The first-order chi connectivity index (χ1) is 10.2. The first-order valence-corrected chi connectivity index (χ1v) is 7.34. The lowest BCUT2D eigenvalue weighted by Crippen LogP contribution is -2.34. The van der Waals surface area contributed by atoms with Crippen LogP contribution in [-0.4, -0.2) is 18.3 Å². The van der Waals surface area contributed by atoms with Crippen molar-refractivity contribution in [1.29, 1.82) is 0 Å². The van der Waals surface area contributed by atoms with E-state index in [4.69, 9.17) is 4.74 Å². The fraction of sp³-hybridized carbons (Fsp3) is 0.333. The van der Waals surface area contributed by atoms with E-state index in [0.717, 1.165) is 24.3 Å². The van der Waals surface area contributed by atoms with Crippen LogP contribution in [0.5, 0.6) is 5.75 Å². The summed E-state index contributed by atoms with van der Waals surface area (Å²) in [5.41, 5.74) is 2.13. The van der Waals surface area contributed by atoms with Gasteiger partial charge in [-0.1, -0.05) is 49.4 Å². The van der Waals surface area contributed by atoms with Gasteiger partial charge in [0.05, 0.1) is 13.2 Å². The molecule has 0 aromatic heterocycles. The molecule has 21 heavy (non-hydrogen) atoms. The molecule has 112 valence electrons. The zero-order valence-electron chi connectivity index (χ0n) is 12.6. The van der Waals surface area contributed by atoms with E-state index >= 15 is 0 Å². The molecule has 2 aromatic carbocycles. The van der Waals surface area contributed by atoms with Crippen LogP contribution in [0.1, 0.15) is 30.6 Å². The van der Waals surface area contributed by atoms with Gasteiger partial charge in [0.2, 0.25) is 0 Å². The minimum atomic E-state index is -0.524. The zero-order chi connectivity index (χ0) is 15.1. The van der Waals surface area contributed by atoms with Gasteiger partial charge in [0, 0.05) is 12.6 Å². The van der Waals surface area contributed by atoms with Crippen molar-refractivity contribution in [3.8, 4) is 5.75 Å². The van der Waals surface area contributed by atoms with Gasteiger partial charge in [-0.3, -0.25) is 0 Å². The third kappa shape index (κ3) is 4.31. The van der Waals surface area contributed by atoms with E-state index in [1.165, 1.54) is 5.56 Å². The number of benzene rings is 2. The fourth-order valence-electron chi connectivity index (χ4n) is 2.36. The molecule has 3 nitrogen and oxygen atoms in total. The Morgan fingerprint density at radius 3 is 2.29 bits per heavy atom. The highest BCUT2D eigenvalue weighted by Crippen LogP contribution is 2.22. The number of hydrogen-bond donors (Lipinski definition) is 2. The minimum absolute atomic E-state index is 0.0265. The second-order valence-electron chi connectivity index (χ2n) is 5.10. The van der Waals surface area contributed by atoms with Crippen LogP contribution < -0.4 is 10.1 Å². The van der Waals surface area contributed by atoms with Crippen LogP contribution in [-0.2, 0) is 6.54 Å². The zero-order valence-corrected chi connectivity index (χ0v) is 12.6. The summed E-state index contributed by atoms with van der Waals surface area (Å²) in [5, 5.41) is 13.9. The average molecular weight is 285 g/mol. The molecule has 2 rings (SSSR count). The van der Waals surface area contributed by atoms with E-state index in [1.54, 1.807) is 7.11 Å². The maximum Gasteiger partial charge on any atom is 0.118 e. The molecule has 2 unspecified atom stereocenters. The summed E-state index contributed by atoms with van der Waals surface area (Å²) in [6.07, 6.45) is 0.338. The van der Waals surface area contributed by atoms with Crippen LogP contribution >= 0.6 is 0 Å². The van der Waals surface area contributed by atoms with Gasteiger partial charge in [-0.05, 0) is 29.7 Å². The molecule has 0 fully saturated rings. The number of ether oxygens (including phenoxy) is 1. The highest BCUT2D eigenvalue weighted by molar-refractivity contribution is 5.29. The first-order valence-electron chi connectivity index (χ1n) is 7.34. The van der Waals surface area contributed by atoms with E-state index in [9.17, 15) is 5.11 Å². The Morgan fingerprint density at radius 2 is 1.71 bits per heavy atom. The van der Waals surface area contributed by atoms with Crippen molar-refractivity contribution in [2.45, 2.75) is 32.0 Å². The van der Waals surface area contributed by atoms with Gasteiger partial charge >= 0.3 is 0 Å². The summed E-state index contributed by atoms with van der Waals surface area (Å²) in [6.45, 7) is 2.84. The van der Waals surface area contributed by atoms with Crippen LogP contribution in [0.15, 0.2) is 54.6 Å². The van der Waals surface area contributed by atoms with Gasteiger partial charge in [-0.15, -0.1) is 0 Å². The van der Waals surface area contributed by atoms with E-state index in [1.807, 2.05) is 42.5 Å². The molecular formula is C18H23NO2. The number of nitrogens with one attached hydrogen (secondary N) is 1. The van der Waals surface area contributed by atoms with Gasteiger partial charge in [-0.2, -0.15) is 0 Å². The summed E-state index contributed by atoms with van der Waals surface area (Å²) in [5.74, 6) is 0.802. The van der Waals surface area contributed by atoms with Crippen LogP contribution in [0.3, 0.4) is 0 Å². The van der Waals surface area contributed by atoms with Gasteiger partial charge < -0.3 is 15.2 Å².